The Kier molecular flexibility index (Phi) is 11.9. The normalized spacial score (nSPS) is 20.3. The van der Waals surface area contributed by atoms with E-state index >= 15 is 0 Å². The summed E-state index contributed by atoms with van der Waals surface area (Å²) in [7, 11) is 0. The molecule has 0 aromatic heterocycles. The first-order chi connectivity index (χ1) is 13.0. The van der Waals surface area contributed by atoms with E-state index in [1.807, 2.05) is 6.92 Å². The molecule has 0 saturated carbocycles. The highest BCUT2D eigenvalue weighted by atomic mass is 16.4. The molecule has 0 saturated heterocycles. The van der Waals surface area contributed by atoms with E-state index in [9.17, 15) is 9.90 Å². The van der Waals surface area contributed by atoms with Crippen LogP contribution in [0.25, 0.3) is 0 Å². The standard InChI is InChI=1S/C22H39N3O2/c1-3-4-5-6-7-8-9-10-11-12-13-14-15-16-21-24-17-18-25(21,20(2)23)19-22(26)27/h7-8,17-18,20H,3-6,9-16,19,23H2,1-2H3/b8-7+. The van der Waals surface area contributed by atoms with Crippen molar-refractivity contribution in [1.29, 1.82) is 0 Å². The molecule has 0 bridgehead atoms. The van der Waals surface area contributed by atoms with Gasteiger partial charge in [-0.1, -0.05) is 57.6 Å². The van der Waals surface area contributed by atoms with Gasteiger partial charge in [0, 0.05) is 13.3 Å². The minimum Gasteiger partial charge on any atom is -0.544 e. The van der Waals surface area contributed by atoms with E-state index in [-0.39, 0.29) is 17.2 Å². The Morgan fingerprint density at radius 1 is 1.11 bits per heavy atom. The van der Waals surface area contributed by atoms with E-state index in [0.29, 0.717) is 0 Å². The molecule has 1 rings (SSSR count). The number of carboxylic acids is 1. The molecule has 0 aromatic carbocycles. The van der Waals surface area contributed by atoms with Crippen molar-refractivity contribution in [3.63, 3.8) is 0 Å². The van der Waals surface area contributed by atoms with Gasteiger partial charge in [0.2, 0.25) is 5.84 Å². The first-order valence-corrected chi connectivity index (χ1v) is 10.8. The van der Waals surface area contributed by atoms with Crippen LogP contribution in [0.4, 0.5) is 0 Å². The summed E-state index contributed by atoms with van der Waals surface area (Å²) in [4.78, 5) is 15.5. The van der Waals surface area contributed by atoms with Crippen molar-refractivity contribution < 1.29 is 14.4 Å². The van der Waals surface area contributed by atoms with Crippen molar-refractivity contribution in [2.45, 2.75) is 97.1 Å². The summed E-state index contributed by atoms with van der Waals surface area (Å²) in [5.74, 6) is -0.242. The molecule has 1 aliphatic rings. The zero-order valence-corrected chi connectivity index (χ0v) is 17.4. The third-order valence-electron chi connectivity index (χ3n) is 5.32. The lowest BCUT2D eigenvalue weighted by atomic mass is 10.1. The molecule has 27 heavy (non-hydrogen) atoms. The zero-order chi connectivity index (χ0) is 20.0. The van der Waals surface area contributed by atoms with Gasteiger partial charge in [-0.15, -0.1) is 0 Å². The molecule has 2 unspecified atom stereocenters. The van der Waals surface area contributed by atoms with Gasteiger partial charge in [-0.2, -0.15) is 0 Å². The second-order valence-electron chi connectivity index (χ2n) is 7.67. The van der Waals surface area contributed by atoms with E-state index in [1.54, 1.807) is 12.4 Å². The van der Waals surface area contributed by atoms with E-state index in [0.717, 1.165) is 25.1 Å². The average molecular weight is 378 g/mol. The summed E-state index contributed by atoms with van der Waals surface area (Å²) in [5, 5.41) is 11.1. The lowest BCUT2D eigenvalue weighted by Crippen LogP contribution is -2.60. The molecular formula is C22H39N3O2. The number of allylic oxidation sites excluding steroid dienone is 2. The number of rotatable bonds is 16. The molecule has 1 aliphatic heterocycles. The van der Waals surface area contributed by atoms with Crippen LogP contribution in [-0.4, -0.2) is 29.0 Å². The van der Waals surface area contributed by atoms with Crippen LogP contribution in [0.5, 0.6) is 0 Å². The van der Waals surface area contributed by atoms with Gasteiger partial charge in [0.05, 0.1) is 12.2 Å². The number of carbonyl (C=O) groups excluding carboxylic acids is 1. The number of aliphatic imine (C=N–C) groups is 1. The molecule has 5 nitrogen and oxygen atoms in total. The summed E-state index contributed by atoms with van der Waals surface area (Å²) in [6, 6.07) is 0. The Balaban J connectivity index is 2.12. The molecule has 2 N–H and O–H groups in total. The third kappa shape index (κ3) is 8.85. The number of carbonyl (C=O) groups is 1. The van der Waals surface area contributed by atoms with Gasteiger partial charge in [-0.25, -0.2) is 9.48 Å². The quantitative estimate of drug-likeness (QED) is 0.251. The number of nitrogens with two attached hydrogens (primary N) is 1. The lowest BCUT2D eigenvalue weighted by molar-refractivity contribution is -0.808. The molecule has 0 aliphatic carbocycles. The highest BCUT2D eigenvalue weighted by molar-refractivity contribution is 5.81. The number of hydrogen-bond donors (Lipinski definition) is 1. The van der Waals surface area contributed by atoms with Crippen LogP contribution in [0.3, 0.4) is 0 Å². The predicted octanol–water partition coefficient (Wildman–Crippen LogP) is 4.00. The fraction of sp³-hybridized carbons (Fsp3) is 0.727. The Labute approximate surface area is 165 Å². The van der Waals surface area contributed by atoms with Crippen LogP contribution in [0.2, 0.25) is 0 Å². The fourth-order valence-electron chi connectivity index (χ4n) is 3.58. The SMILES string of the molecule is CCCCC/C=C/CCCCCCCCC1=NC=C[N+]1(CC(=O)[O-])C(C)N. The molecule has 5 heteroatoms. The summed E-state index contributed by atoms with van der Waals surface area (Å²) in [6.45, 7) is 3.93. The second kappa shape index (κ2) is 13.7. The molecule has 0 spiro atoms. The Morgan fingerprint density at radius 2 is 1.70 bits per heavy atom. The molecule has 1 heterocycles. The van der Waals surface area contributed by atoms with E-state index in [4.69, 9.17) is 5.73 Å². The maximum absolute atomic E-state index is 11.1. The minimum absolute atomic E-state index is 0.104. The van der Waals surface area contributed by atoms with Crippen molar-refractivity contribution in [3.05, 3.63) is 24.6 Å². The number of nitrogens with zero attached hydrogens (tertiary/aromatic N) is 2. The topological polar surface area (TPSA) is 78.5 Å². The van der Waals surface area contributed by atoms with Crippen LogP contribution in [-0.2, 0) is 4.79 Å². The van der Waals surface area contributed by atoms with Crippen molar-refractivity contribution >= 4 is 11.8 Å². The first-order valence-electron chi connectivity index (χ1n) is 10.8. The molecule has 0 fully saturated rings. The fourth-order valence-corrected chi connectivity index (χ4v) is 3.58. The smallest absolute Gasteiger partial charge is 0.209 e. The number of amidine groups is 1. The van der Waals surface area contributed by atoms with E-state index in [1.165, 1.54) is 57.8 Å². The van der Waals surface area contributed by atoms with Crippen molar-refractivity contribution in [2.24, 2.45) is 10.7 Å². The third-order valence-corrected chi connectivity index (χ3v) is 5.32. The number of carboxylic acid groups (broad SMARTS) is 1. The number of hydrogen-bond acceptors (Lipinski definition) is 4. The molecule has 2 atom stereocenters. The first kappa shape index (κ1) is 23.6. The molecular weight excluding hydrogens is 338 g/mol. The van der Waals surface area contributed by atoms with Gasteiger partial charge in [0.15, 0.2) is 0 Å². The summed E-state index contributed by atoms with van der Waals surface area (Å²) < 4.78 is 0.104. The van der Waals surface area contributed by atoms with Gasteiger partial charge in [0.25, 0.3) is 0 Å². The van der Waals surface area contributed by atoms with Gasteiger partial charge in [0.1, 0.15) is 18.9 Å². The van der Waals surface area contributed by atoms with Gasteiger partial charge >= 0.3 is 0 Å². The minimum atomic E-state index is -1.09. The number of unbranched alkanes of at least 4 members (excludes halogenated alkanes) is 9. The highest BCUT2D eigenvalue weighted by Crippen LogP contribution is 2.23. The van der Waals surface area contributed by atoms with Crippen molar-refractivity contribution in [2.75, 3.05) is 6.54 Å². The maximum atomic E-state index is 11.1. The monoisotopic (exact) mass is 377 g/mol. The second-order valence-corrected chi connectivity index (χ2v) is 7.67. The largest absolute Gasteiger partial charge is 0.544 e. The van der Waals surface area contributed by atoms with Crippen molar-refractivity contribution in [1.82, 2.24) is 0 Å². The van der Waals surface area contributed by atoms with Crippen LogP contribution < -0.4 is 10.8 Å². The maximum Gasteiger partial charge on any atom is 0.209 e. The predicted molar refractivity (Wildman–Crippen MR) is 111 cm³/mol. The van der Waals surface area contributed by atoms with Crippen LogP contribution in [0.15, 0.2) is 29.5 Å². The lowest BCUT2D eigenvalue weighted by Gasteiger charge is -2.36. The number of aliphatic carboxylic acids is 1. The van der Waals surface area contributed by atoms with Gasteiger partial charge < -0.3 is 9.90 Å². The molecule has 0 radical (unpaired) electrons. The van der Waals surface area contributed by atoms with Crippen LogP contribution >= 0.6 is 0 Å². The zero-order valence-electron chi connectivity index (χ0n) is 17.4. The summed E-state index contributed by atoms with van der Waals surface area (Å²) in [5.41, 5.74) is 6.06. The Hall–Kier alpha value is -1.46. The van der Waals surface area contributed by atoms with Crippen LogP contribution in [0.1, 0.15) is 90.9 Å². The molecule has 154 valence electrons. The number of quaternary nitrogens is 1. The van der Waals surface area contributed by atoms with E-state index < -0.39 is 5.97 Å². The summed E-state index contributed by atoms with van der Waals surface area (Å²) >= 11 is 0. The Bertz CT molecular complexity index is 512. The van der Waals surface area contributed by atoms with Crippen molar-refractivity contribution in [3.8, 4) is 0 Å². The molecule has 0 aromatic rings. The van der Waals surface area contributed by atoms with Gasteiger partial charge in [-0.05, 0) is 32.1 Å². The summed E-state index contributed by atoms with van der Waals surface area (Å²) in [6.07, 6.45) is 22.2. The Morgan fingerprint density at radius 3 is 2.30 bits per heavy atom. The van der Waals surface area contributed by atoms with E-state index in [2.05, 4.69) is 24.1 Å². The molecule has 0 amide bonds. The average Bonchev–Trinajstić information content (AvgIpc) is 3.02. The highest BCUT2D eigenvalue weighted by Gasteiger charge is 2.38. The van der Waals surface area contributed by atoms with Crippen LogP contribution in [0, 0.1) is 0 Å². The van der Waals surface area contributed by atoms with Gasteiger partial charge in [-0.3, -0.25) is 5.73 Å².